The van der Waals surface area contributed by atoms with Gasteiger partial charge in [0, 0.05) is 12.0 Å². The zero-order chi connectivity index (χ0) is 12.5. The van der Waals surface area contributed by atoms with Crippen molar-refractivity contribution in [1.82, 2.24) is 10.9 Å². The maximum Gasteiger partial charge on any atom is 0.161 e. The number of nitrogens with two attached hydrogens (primary N) is 1. The van der Waals surface area contributed by atoms with E-state index in [1.807, 2.05) is 6.07 Å². The molecule has 1 saturated heterocycles. The van der Waals surface area contributed by atoms with Crippen LogP contribution in [0.4, 0.5) is 0 Å². The van der Waals surface area contributed by atoms with Crippen molar-refractivity contribution in [2.24, 2.45) is 11.7 Å². The number of hydrogen-bond acceptors (Lipinski definition) is 5. The van der Waals surface area contributed by atoms with Crippen molar-refractivity contribution in [3.05, 3.63) is 23.8 Å². The molecule has 0 amide bonds. The van der Waals surface area contributed by atoms with Gasteiger partial charge in [-0.25, -0.2) is 5.43 Å². The van der Waals surface area contributed by atoms with Crippen LogP contribution in [0.3, 0.4) is 0 Å². The van der Waals surface area contributed by atoms with E-state index in [0.29, 0.717) is 31.7 Å². The number of hydrazine groups is 1. The Bertz CT molecular complexity index is 438. The van der Waals surface area contributed by atoms with E-state index in [9.17, 15) is 0 Å². The minimum atomic E-state index is 0.223. The molecule has 0 spiro atoms. The van der Waals surface area contributed by atoms with Gasteiger partial charge in [0.25, 0.3) is 0 Å². The van der Waals surface area contributed by atoms with Gasteiger partial charge in [-0.05, 0) is 31.2 Å². The van der Waals surface area contributed by atoms with E-state index in [0.717, 1.165) is 11.5 Å². The third kappa shape index (κ3) is 1.94. The maximum atomic E-state index is 5.85. The van der Waals surface area contributed by atoms with Gasteiger partial charge in [-0.2, -0.15) is 0 Å². The standard InChI is InChI=1S/C13H19N3O2/c1-8-10(7-14)13(16-15-8)9-2-3-11-12(6-9)18-5-4-17-11/h2-3,6,8,10,13,15-16H,4-5,7,14H2,1H3. The molecule has 4 N–H and O–H groups in total. The van der Waals surface area contributed by atoms with E-state index < -0.39 is 0 Å². The van der Waals surface area contributed by atoms with Crippen LogP contribution in [-0.2, 0) is 0 Å². The van der Waals surface area contributed by atoms with Gasteiger partial charge in [0.15, 0.2) is 11.5 Å². The molecular formula is C13H19N3O2. The number of fused-ring (bicyclic) bond motifs is 1. The zero-order valence-electron chi connectivity index (χ0n) is 10.5. The van der Waals surface area contributed by atoms with Crippen LogP contribution in [0.15, 0.2) is 18.2 Å². The third-order valence-electron chi connectivity index (χ3n) is 3.73. The fourth-order valence-corrected chi connectivity index (χ4v) is 2.65. The maximum absolute atomic E-state index is 5.85. The summed E-state index contributed by atoms with van der Waals surface area (Å²) >= 11 is 0. The van der Waals surface area contributed by atoms with Crippen LogP contribution < -0.4 is 26.1 Å². The summed E-state index contributed by atoms with van der Waals surface area (Å²) in [5.41, 5.74) is 13.6. The quantitative estimate of drug-likeness (QED) is 0.715. The summed E-state index contributed by atoms with van der Waals surface area (Å²) < 4.78 is 11.1. The Morgan fingerprint density at radius 3 is 2.78 bits per heavy atom. The van der Waals surface area contributed by atoms with E-state index in [4.69, 9.17) is 15.2 Å². The molecule has 1 aromatic carbocycles. The van der Waals surface area contributed by atoms with Crippen molar-refractivity contribution >= 4 is 0 Å². The number of benzene rings is 1. The van der Waals surface area contributed by atoms with Crippen molar-refractivity contribution in [1.29, 1.82) is 0 Å². The summed E-state index contributed by atoms with van der Waals surface area (Å²) in [4.78, 5) is 0. The van der Waals surface area contributed by atoms with E-state index in [-0.39, 0.29) is 6.04 Å². The normalized spacial score (nSPS) is 30.4. The number of ether oxygens (including phenoxy) is 2. The monoisotopic (exact) mass is 249 g/mol. The van der Waals surface area contributed by atoms with Crippen molar-refractivity contribution in [3.8, 4) is 11.5 Å². The molecule has 98 valence electrons. The first-order valence-electron chi connectivity index (χ1n) is 6.40. The molecule has 3 atom stereocenters. The van der Waals surface area contributed by atoms with Gasteiger partial charge in [0.1, 0.15) is 13.2 Å². The summed E-state index contributed by atoms with van der Waals surface area (Å²) in [6, 6.07) is 6.69. The molecule has 1 fully saturated rings. The van der Waals surface area contributed by atoms with Crippen LogP contribution in [0, 0.1) is 5.92 Å². The lowest BCUT2D eigenvalue weighted by Gasteiger charge is -2.23. The molecule has 0 aliphatic carbocycles. The molecule has 3 rings (SSSR count). The first-order valence-corrected chi connectivity index (χ1v) is 6.40. The van der Waals surface area contributed by atoms with E-state index in [2.05, 4.69) is 29.9 Å². The molecule has 0 radical (unpaired) electrons. The van der Waals surface area contributed by atoms with Gasteiger partial charge in [0.2, 0.25) is 0 Å². The van der Waals surface area contributed by atoms with Gasteiger partial charge in [-0.15, -0.1) is 0 Å². The second kappa shape index (κ2) is 4.76. The highest BCUT2D eigenvalue weighted by atomic mass is 16.6. The lowest BCUT2D eigenvalue weighted by Crippen LogP contribution is -2.30. The molecule has 5 nitrogen and oxygen atoms in total. The Morgan fingerprint density at radius 1 is 1.22 bits per heavy atom. The van der Waals surface area contributed by atoms with E-state index in [1.165, 1.54) is 5.56 Å². The van der Waals surface area contributed by atoms with Crippen molar-refractivity contribution in [2.75, 3.05) is 19.8 Å². The molecule has 3 unspecified atom stereocenters. The topological polar surface area (TPSA) is 68.5 Å². The molecule has 2 heterocycles. The molecule has 1 aromatic rings. The second-order valence-electron chi connectivity index (χ2n) is 4.86. The summed E-state index contributed by atoms with van der Waals surface area (Å²) in [6.45, 7) is 4.03. The Labute approximate surface area is 107 Å². The Balaban J connectivity index is 1.88. The lowest BCUT2D eigenvalue weighted by atomic mass is 9.90. The van der Waals surface area contributed by atoms with Gasteiger partial charge in [-0.1, -0.05) is 6.07 Å². The number of hydrogen-bond donors (Lipinski definition) is 3. The summed E-state index contributed by atoms with van der Waals surface area (Å²) in [5, 5.41) is 0. The highest BCUT2D eigenvalue weighted by molar-refractivity contribution is 5.45. The average molecular weight is 249 g/mol. The molecule has 0 saturated carbocycles. The largest absolute Gasteiger partial charge is 0.486 e. The van der Waals surface area contributed by atoms with Crippen LogP contribution in [0.5, 0.6) is 11.5 Å². The van der Waals surface area contributed by atoms with Gasteiger partial charge >= 0.3 is 0 Å². The van der Waals surface area contributed by atoms with Crippen LogP contribution in [0.25, 0.3) is 0 Å². The van der Waals surface area contributed by atoms with Gasteiger partial charge in [-0.3, -0.25) is 5.43 Å². The van der Waals surface area contributed by atoms with E-state index in [1.54, 1.807) is 0 Å². The molecular weight excluding hydrogens is 230 g/mol. The second-order valence-corrected chi connectivity index (χ2v) is 4.86. The molecule has 2 aliphatic rings. The van der Waals surface area contributed by atoms with E-state index >= 15 is 0 Å². The van der Waals surface area contributed by atoms with Crippen LogP contribution >= 0.6 is 0 Å². The average Bonchev–Trinajstić information content (AvgIpc) is 2.79. The van der Waals surface area contributed by atoms with Crippen LogP contribution in [0.1, 0.15) is 18.5 Å². The minimum Gasteiger partial charge on any atom is -0.486 e. The van der Waals surface area contributed by atoms with Gasteiger partial charge < -0.3 is 15.2 Å². The highest BCUT2D eigenvalue weighted by Crippen LogP contribution is 2.35. The number of nitrogens with one attached hydrogen (secondary N) is 2. The smallest absolute Gasteiger partial charge is 0.161 e. The van der Waals surface area contributed by atoms with Crippen molar-refractivity contribution in [3.63, 3.8) is 0 Å². The zero-order valence-corrected chi connectivity index (χ0v) is 10.5. The predicted octanol–water partition coefficient (Wildman–Crippen LogP) is 0.570. The van der Waals surface area contributed by atoms with Crippen LogP contribution in [-0.4, -0.2) is 25.8 Å². The molecule has 18 heavy (non-hydrogen) atoms. The minimum absolute atomic E-state index is 0.223. The Hall–Kier alpha value is -1.30. The Kier molecular flexibility index (Phi) is 3.11. The molecule has 0 bridgehead atoms. The summed E-state index contributed by atoms with van der Waals surface area (Å²) in [6.07, 6.45) is 0. The first-order chi connectivity index (χ1) is 8.79. The summed E-state index contributed by atoms with van der Waals surface area (Å²) in [5.74, 6) is 2.04. The van der Waals surface area contributed by atoms with Crippen molar-refractivity contribution in [2.45, 2.75) is 19.0 Å². The SMILES string of the molecule is CC1NNC(c2ccc3c(c2)OCCO3)C1CN. The molecule has 0 aromatic heterocycles. The first kappa shape index (κ1) is 11.8. The lowest BCUT2D eigenvalue weighted by molar-refractivity contribution is 0.171. The van der Waals surface area contributed by atoms with Crippen LogP contribution in [0.2, 0.25) is 0 Å². The fourth-order valence-electron chi connectivity index (χ4n) is 2.65. The van der Waals surface area contributed by atoms with Gasteiger partial charge in [0.05, 0.1) is 6.04 Å². The molecule has 5 heteroatoms. The summed E-state index contributed by atoms with van der Waals surface area (Å²) in [7, 11) is 0. The number of rotatable bonds is 2. The highest BCUT2D eigenvalue weighted by Gasteiger charge is 2.33. The predicted molar refractivity (Wildman–Crippen MR) is 68.5 cm³/mol. The fraction of sp³-hybridized carbons (Fsp3) is 0.538. The van der Waals surface area contributed by atoms with Crippen molar-refractivity contribution < 1.29 is 9.47 Å². The molecule has 2 aliphatic heterocycles. The Morgan fingerprint density at radius 2 is 2.00 bits per heavy atom. The third-order valence-corrected chi connectivity index (χ3v) is 3.73.